The van der Waals surface area contributed by atoms with Gasteiger partial charge in [-0.25, -0.2) is 0 Å². The molecule has 0 aromatic carbocycles. The second-order valence-corrected chi connectivity index (χ2v) is 2.22. The van der Waals surface area contributed by atoms with Crippen LogP contribution in [-0.4, -0.2) is 36.2 Å². The maximum absolute atomic E-state index is 8.32. The summed E-state index contributed by atoms with van der Waals surface area (Å²) in [7, 11) is 0. The first-order chi connectivity index (χ1) is 5.85. The van der Waals surface area contributed by atoms with E-state index in [-0.39, 0.29) is 6.61 Å². The summed E-state index contributed by atoms with van der Waals surface area (Å²) in [4.78, 5) is 2.20. The molecule has 0 aliphatic carbocycles. The third-order valence-electron chi connectivity index (χ3n) is 1.52. The highest BCUT2D eigenvalue weighted by Gasteiger charge is 1.92. The molecule has 0 amide bonds. The minimum Gasteiger partial charge on any atom is -0.384 e. The van der Waals surface area contributed by atoms with E-state index < -0.39 is 0 Å². The molecule has 66 valence electrons. The Balaban J connectivity index is 3.68. The molecule has 0 saturated carbocycles. The highest BCUT2D eigenvalue weighted by atomic mass is 16.2. The summed E-state index contributed by atoms with van der Waals surface area (Å²) < 4.78 is 0. The van der Waals surface area contributed by atoms with Crippen LogP contribution in [0.2, 0.25) is 0 Å². The normalized spacial score (nSPS) is 8.33. The monoisotopic (exact) mass is 165 g/mol. The van der Waals surface area contributed by atoms with Crippen LogP contribution in [0.5, 0.6) is 0 Å². The van der Waals surface area contributed by atoms with Crippen LogP contribution >= 0.6 is 0 Å². The molecule has 1 N–H and O–H groups in total. The zero-order valence-electron chi connectivity index (χ0n) is 7.72. The molecule has 0 heterocycles. The summed E-state index contributed by atoms with van der Waals surface area (Å²) in [6.45, 7) is 6.87. The molecule has 12 heavy (non-hydrogen) atoms. The largest absolute Gasteiger partial charge is 0.384 e. The van der Waals surface area contributed by atoms with Crippen LogP contribution in [0.1, 0.15) is 13.8 Å². The first-order valence-corrected chi connectivity index (χ1v) is 4.14. The van der Waals surface area contributed by atoms with Gasteiger partial charge in [0, 0.05) is 0 Å². The van der Waals surface area contributed by atoms with Gasteiger partial charge < -0.3 is 5.11 Å². The van der Waals surface area contributed by atoms with Gasteiger partial charge in [-0.1, -0.05) is 25.7 Å². The highest BCUT2D eigenvalue weighted by molar-refractivity contribution is 5.26. The van der Waals surface area contributed by atoms with Crippen LogP contribution in [0.15, 0.2) is 0 Å². The molecule has 0 fully saturated rings. The lowest BCUT2D eigenvalue weighted by Gasteiger charge is -2.12. The molecule has 0 aliphatic heterocycles. The predicted molar refractivity (Wildman–Crippen MR) is 50.4 cm³/mol. The van der Waals surface area contributed by atoms with E-state index in [1.807, 2.05) is 0 Å². The summed E-state index contributed by atoms with van der Waals surface area (Å²) >= 11 is 0. The van der Waals surface area contributed by atoms with Crippen molar-refractivity contribution in [3.05, 3.63) is 0 Å². The van der Waals surface area contributed by atoms with Crippen LogP contribution in [0.25, 0.3) is 0 Å². The first kappa shape index (κ1) is 11.0. The fourth-order valence-electron chi connectivity index (χ4n) is 0.726. The maximum Gasteiger partial charge on any atom is 0.105 e. The standard InChI is InChI=1S/C10H15NO/c1-3-11(4-2)9-7-5-6-8-10-12/h12H,3-4,9-10H2,1-2H3. The van der Waals surface area contributed by atoms with Gasteiger partial charge in [-0.3, -0.25) is 4.90 Å². The number of hydrogen-bond donors (Lipinski definition) is 1. The fraction of sp³-hybridized carbons (Fsp3) is 0.600. The Hall–Kier alpha value is -0.960. The second kappa shape index (κ2) is 8.14. The van der Waals surface area contributed by atoms with E-state index in [4.69, 9.17) is 5.11 Å². The number of hydrogen-bond acceptors (Lipinski definition) is 2. The summed E-state index contributed by atoms with van der Waals surface area (Å²) in [6.07, 6.45) is 0. The van der Waals surface area contributed by atoms with E-state index in [0.717, 1.165) is 19.6 Å². The summed E-state index contributed by atoms with van der Waals surface area (Å²) in [5.41, 5.74) is 0. The van der Waals surface area contributed by atoms with E-state index >= 15 is 0 Å². The van der Waals surface area contributed by atoms with E-state index in [2.05, 4.69) is 42.4 Å². The first-order valence-electron chi connectivity index (χ1n) is 4.14. The Labute approximate surface area is 74.6 Å². The van der Waals surface area contributed by atoms with Gasteiger partial charge in [0.15, 0.2) is 0 Å². The maximum atomic E-state index is 8.32. The van der Waals surface area contributed by atoms with Crippen molar-refractivity contribution >= 4 is 0 Å². The topological polar surface area (TPSA) is 23.5 Å². The quantitative estimate of drug-likeness (QED) is 0.609. The third-order valence-corrected chi connectivity index (χ3v) is 1.52. The van der Waals surface area contributed by atoms with Crippen LogP contribution in [-0.2, 0) is 0 Å². The van der Waals surface area contributed by atoms with Crippen LogP contribution in [0.4, 0.5) is 0 Å². The van der Waals surface area contributed by atoms with Crippen molar-refractivity contribution in [2.24, 2.45) is 0 Å². The molecule has 0 rings (SSSR count). The van der Waals surface area contributed by atoms with E-state index in [0.29, 0.717) is 0 Å². The lowest BCUT2D eigenvalue weighted by Crippen LogP contribution is -2.22. The van der Waals surface area contributed by atoms with Gasteiger partial charge in [0.05, 0.1) is 6.54 Å². The number of aliphatic hydroxyl groups is 1. The Kier molecular flexibility index (Phi) is 7.49. The third kappa shape index (κ3) is 5.80. The molecule has 0 aromatic heterocycles. The molecule has 0 saturated heterocycles. The zero-order chi connectivity index (χ0) is 9.23. The Morgan fingerprint density at radius 1 is 1.08 bits per heavy atom. The van der Waals surface area contributed by atoms with Crippen molar-refractivity contribution in [1.29, 1.82) is 0 Å². The van der Waals surface area contributed by atoms with Gasteiger partial charge in [-0.15, -0.1) is 0 Å². The van der Waals surface area contributed by atoms with Gasteiger partial charge in [0.2, 0.25) is 0 Å². The minimum atomic E-state index is -0.111. The molecule has 2 nitrogen and oxygen atoms in total. The Morgan fingerprint density at radius 3 is 2.17 bits per heavy atom. The number of aliphatic hydroxyl groups excluding tert-OH is 1. The van der Waals surface area contributed by atoms with Crippen molar-refractivity contribution in [2.45, 2.75) is 13.8 Å². The molecule has 0 atom stereocenters. The zero-order valence-corrected chi connectivity index (χ0v) is 7.72. The SMILES string of the molecule is CCN(CC)CC#CC#CCO. The minimum absolute atomic E-state index is 0.111. The van der Waals surface area contributed by atoms with Crippen LogP contribution in [0.3, 0.4) is 0 Å². The van der Waals surface area contributed by atoms with Crippen molar-refractivity contribution < 1.29 is 5.11 Å². The van der Waals surface area contributed by atoms with E-state index in [9.17, 15) is 0 Å². The summed E-state index contributed by atoms with van der Waals surface area (Å²) in [5.74, 6) is 10.6. The van der Waals surface area contributed by atoms with Gasteiger partial charge >= 0.3 is 0 Å². The van der Waals surface area contributed by atoms with Gasteiger partial charge in [0.25, 0.3) is 0 Å². The Bertz CT molecular complexity index is 209. The average Bonchev–Trinajstić information content (AvgIpc) is 2.11. The summed E-state index contributed by atoms with van der Waals surface area (Å²) in [5, 5.41) is 8.32. The molecule has 0 radical (unpaired) electrons. The average molecular weight is 165 g/mol. The van der Waals surface area contributed by atoms with Crippen molar-refractivity contribution in [1.82, 2.24) is 4.90 Å². The molecule has 0 unspecified atom stereocenters. The van der Waals surface area contributed by atoms with E-state index in [1.165, 1.54) is 0 Å². The molecule has 0 aliphatic rings. The molecular weight excluding hydrogens is 150 g/mol. The molecule has 0 aromatic rings. The van der Waals surface area contributed by atoms with Gasteiger partial charge in [-0.2, -0.15) is 0 Å². The van der Waals surface area contributed by atoms with Crippen molar-refractivity contribution in [2.75, 3.05) is 26.2 Å². The van der Waals surface area contributed by atoms with Crippen LogP contribution < -0.4 is 0 Å². The lowest BCUT2D eigenvalue weighted by atomic mass is 10.4. The number of nitrogens with zero attached hydrogens (tertiary/aromatic N) is 1. The van der Waals surface area contributed by atoms with Crippen molar-refractivity contribution in [3.8, 4) is 23.7 Å². The smallest absolute Gasteiger partial charge is 0.105 e. The predicted octanol–water partition coefficient (Wildman–Crippen LogP) is 0.327. The lowest BCUT2D eigenvalue weighted by molar-refractivity contribution is 0.342. The second-order valence-electron chi connectivity index (χ2n) is 2.22. The van der Waals surface area contributed by atoms with Gasteiger partial charge in [-0.05, 0) is 24.9 Å². The molecule has 0 bridgehead atoms. The Morgan fingerprint density at radius 2 is 1.67 bits per heavy atom. The molecule has 2 heteroatoms. The van der Waals surface area contributed by atoms with Crippen molar-refractivity contribution in [3.63, 3.8) is 0 Å². The van der Waals surface area contributed by atoms with Gasteiger partial charge in [0.1, 0.15) is 6.61 Å². The fourth-order valence-corrected chi connectivity index (χ4v) is 0.726. The number of rotatable bonds is 3. The highest BCUT2D eigenvalue weighted by Crippen LogP contribution is 1.82. The molecular formula is C10H15NO. The van der Waals surface area contributed by atoms with E-state index in [1.54, 1.807) is 0 Å². The van der Waals surface area contributed by atoms with Crippen LogP contribution in [0, 0.1) is 23.7 Å². The molecule has 0 spiro atoms. The summed E-state index contributed by atoms with van der Waals surface area (Å²) in [6, 6.07) is 0.